The molecule has 0 bridgehead atoms. The maximum atomic E-state index is 13.0. The molecular weight excluding hydrogens is 286 g/mol. The molecule has 0 saturated heterocycles. The predicted octanol–water partition coefficient (Wildman–Crippen LogP) is 3.64. The van der Waals surface area contributed by atoms with E-state index in [2.05, 4.69) is 13.2 Å². The van der Waals surface area contributed by atoms with Gasteiger partial charge in [0, 0.05) is 35.5 Å². The van der Waals surface area contributed by atoms with Crippen molar-refractivity contribution in [2.24, 2.45) is 0 Å². The molecular formula is C20H17NO2. The Hall–Kier alpha value is -2.94. The summed E-state index contributed by atoms with van der Waals surface area (Å²) in [6.07, 6.45) is 3.54. The lowest BCUT2D eigenvalue weighted by Crippen LogP contribution is -2.29. The number of carbonyl (C=O) groups excluding carboxylic acids is 2. The summed E-state index contributed by atoms with van der Waals surface area (Å²) < 4.78 is 0. The van der Waals surface area contributed by atoms with Gasteiger partial charge in [0.05, 0.1) is 5.56 Å². The van der Waals surface area contributed by atoms with Gasteiger partial charge in [-0.15, -0.1) is 13.2 Å². The molecule has 0 aromatic heterocycles. The van der Waals surface area contributed by atoms with Gasteiger partial charge in [-0.05, 0) is 6.07 Å². The number of hydrogen-bond acceptors (Lipinski definition) is 3. The minimum absolute atomic E-state index is 0.103. The van der Waals surface area contributed by atoms with Gasteiger partial charge in [-0.25, -0.2) is 0 Å². The molecule has 0 N–H and O–H groups in total. The summed E-state index contributed by atoms with van der Waals surface area (Å²) in [5.74, 6) is -0.210. The highest BCUT2D eigenvalue weighted by Crippen LogP contribution is 2.33. The number of fused-ring (bicyclic) bond motifs is 2. The van der Waals surface area contributed by atoms with Crippen LogP contribution >= 0.6 is 0 Å². The Morgan fingerprint density at radius 2 is 1.35 bits per heavy atom. The predicted molar refractivity (Wildman–Crippen MR) is 92.4 cm³/mol. The SMILES string of the molecule is C=CCN(CC=C)c1cccc2c1C(=O)c1ccccc1C2=O. The maximum Gasteiger partial charge on any atom is 0.196 e. The summed E-state index contributed by atoms with van der Waals surface area (Å²) in [6.45, 7) is 8.67. The molecule has 0 atom stereocenters. The Labute approximate surface area is 135 Å². The van der Waals surface area contributed by atoms with E-state index in [1.807, 2.05) is 17.0 Å². The molecule has 2 aromatic carbocycles. The van der Waals surface area contributed by atoms with Gasteiger partial charge < -0.3 is 4.90 Å². The molecule has 0 unspecified atom stereocenters. The van der Waals surface area contributed by atoms with E-state index < -0.39 is 0 Å². The summed E-state index contributed by atoms with van der Waals surface area (Å²) in [4.78, 5) is 27.7. The van der Waals surface area contributed by atoms with Crippen LogP contribution in [0.25, 0.3) is 0 Å². The van der Waals surface area contributed by atoms with E-state index in [1.165, 1.54) is 0 Å². The number of anilines is 1. The summed E-state index contributed by atoms with van der Waals surface area (Å²) in [7, 11) is 0. The summed E-state index contributed by atoms with van der Waals surface area (Å²) in [5, 5.41) is 0. The Morgan fingerprint density at radius 1 is 0.783 bits per heavy atom. The van der Waals surface area contributed by atoms with Crippen molar-refractivity contribution in [3.8, 4) is 0 Å². The average Bonchev–Trinajstić information content (AvgIpc) is 2.59. The van der Waals surface area contributed by atoms with E-state index >= 15 is 0 Å². The Kier molecular flexibility index (Phi) is 3.94. The lowest BCUT2D eigenvalue weighted by molar-refractivity contribution is 0.0979. The average molecular weight is 303 g/mol. The van der Waals surface area contributed by atoms with Crippen LogP contribution in [0.15, 0.2) is 67.8 Å². The molecule has 114 valence electrons. The van der Waals surface area contributed by atoms with Gasteiger partial charge in [0.1, 0.15) is 0 Å². The van der Waals surface area contributed by atoms with E-state index in [0.717, 1.165) is 5.69 Å². The second kappa shape index (κ2) is 6.05. The first-order valence-electron chi connectivity index (χ1n) is 7.47. The fraction of sp³-hybridized carbons (Fsp3) is 0.100. The van der Waals surface area contributed by atoms with Crippen LogP contribution in [0.5, 0.6) is 0 Å². The van der Waals surface area contributed by atoms with Crippen molar-refractivity contribution in [3.05, 3.63) is 90.0 Å². The number of nitrogens with zero attached hydrogens (tertiary/aromatic N) is 1. The third-order valence-corrected chi connectivity index (χ3v) is 3.97. The van der Waals surface area contributed by atoms with Crippen LogP contribution in [-0.2, 0) is 0 Å². The first-order valence-corrected chi connectivity index (χ1v) is 7.47. The molecule has 2 aromatic rings. The number of hydrogen-bond donors (Lipinski definition) is 0. The third kappa shape index (κ3) is 2.40. The third-order valence-electron chi connectivity index (χ3n) is 3.97. The second-order valence-corrected chi connectivity index (χ2v) is 5.39. The first kappa shape index (κ1) is 15.0. The Bertz CT molecular complexity index is 810. The lowest BCUT2D eigenvalue weighted by Gasteiger charge is -2.27. The summed E-state index contributed by atoms with van der Waals surface area (Å²) >= 11 is 0. The summed E-state index contributed by atoms with van der Waals surface area (Å²) in [5.41, 5.74) is 2.62. The number of benzene rings is 2. The van der Waals surface area contributed by atoms with Crippen molar-refractivity contribution >= 4 is 17.3 Å². The fourth-order valence-corrected chi connectivity index (χ4v) is 2.97. The van der Waals surface area contributed by atoms with Crippen molar-refractivity contribution in [1.82, 2.24) is 0 Å². The molecule has 0 spiro atoms. The van der Waals surface area contributed by atoms with E-state index in [9.17, 15) is 9.59 Å². The highest BCUT2D eigenvalue weighted by molar-refractivity contribution is 6.30. The van der Waals surface area contributed by atoms with E-state index in [1.54, 1.807) is 42.5 Å². The molecule has 1 aliphatic carbocycles. The quantitative estimate of drug-likeness (QED) is 0.675. The molecule has 3 rings (SSSR count). The van der Waals surface area contributed by atoms with Gasteiger partial charge >= 0.3 is 0 Å². The molecule has 0 saturated carbocycles. The van der Waals surface area contributed by atoms with Gasteiger partial charge in [-0.2, -0.15) is 0 Å². The van der Waals surface area contributed by atoms with E-state index in [4.69, 9.17) is 0 Å². The van der Waals surface area contributed by atoms with Gasteiger partial charge in [0.25, 0.3) is 0 Å². The fourth-order valence-electron chi connectivity index (χ4n) is 2.97. The minimum atomic E-state index is -0.107. The van der Waals surface area contributed by atoms with Gasteiger partial charge in [0.2, 0.25) is 0 Å². The molecule has 0 radical (unpaired) electrons. The standard InChI is InChI=1S/C20H17NO2/c1-3-12-21(13-4-2)17-11-7-10-16-18(17)20(23)15-9-6-5-8-14(15)19(16)22/h3-11H,1-2,12-13H2. The highest BCUT2D eigenvalue weighted by atomic mass is 16.1. The van der Waals surface area contributed by atoms with E-state index in [-0.39, 0.29) is 11.6 Å². The first-order chi connectivity index (χ1) is 11.2. The molecule has 0 amide bonds. The van der Waals surface area contributed by atoms with Crippen LogP contribution in [0, 0.1) is 0 Å². The molecule has 3 nitrogen and oxygen atoms in total. The van der Waals surface area contributed by atoms with Crippen LogP contribution in [0.1, 0.15) is 31.8 Å². The molecule has 23 heavy (non-hydrogen) atoms. The van der Waals surface area contributed by atoms with Crippen molar-refractivity contribution in [2.45, 2.75) is 0 Å². The van der Waals surface area contributed by atoms with Crippen LogP contribution < -0.4 is 4.90 Å². The van der Waals surface area contributed by atoms with Crippen molar-refractivity contribution in [2.75, 3.05) is 18.0 Å². The number of rotatable bonds is 5. The molecule has 0 aliphatic heterocycles. The Morgan fingerprint density at radius 3 is 1.96 bits per heavy atom. The van der Waals surface area contributed by atoms with Gasteiger partial charge in [-0.3, -0.25) is 9.59 Å². The topological polar surface area (TPSA) is 37.4 Å². The van der Waals surface area contributed by atoms with Crippen LogP contribution in [-0.4, -0.2) is 24.7 Å². The van der Waals surface area contributed by atoms with Crippen LogP contribution in [0.3, 0.4) is 0 Å². The molecule has 3 heteroatoms. The molecule has 1 aliphatic rings. The summed E-state index contributed by atoms with van der Waals surface area (Å²) in [6, 6.07) is 12.4. The zero-order chi connectivity index (χ0) is 16.4. The minimum Gasteiger partial charge on any atom is -0.363 e. The normalized spacial score (nSPS) is 12.3. The van der Waals surface area contributed by atoms with Gasteiger partial charge in [0.15, 0.2) is 11.6 Å². The zero-order valence-electron chi connectivity index (χ0n) is 12.8. The lowest BCUT2D eigenvalue weighted by atomic mass is 9.83. The Balaban J connectivity index is 2.21. The van der Waals surface area contributed by atoms with Crippen molar-refractivity contribution in [3.63, 3.8) is 0 Å². The maximum absolute atomic E-state index is 13.0. The smallest absolute Gasteiger partial charge is 0.196 e. The second-order valence-electron chi connectivity index (χ2n) is 5.39. The molecule has 0 heterocycles. The molecule has 0 fully saturated rings. The number of carbonyl (C=O) groups is 2. The van der Waals surface area contributed by atoms with Crippen molar-refractivity contribution in [1.29, 1.82) is 0 Å². The van der Waals surface area contributed by atoms with Crippen molar-refractivity contribution < 1.29 is 9.59 Å². The largest absolute Gasteiger partial charge is 0.363 e. The zero-order valence-corrected chi connectivity index (χ0v) is 12.8. The van der Waals surface area contributed by atoms with Crippen LogP contribution in [0.2, 0.25) is 0 Å². The number of ketones is 2. The monoisotopic (exact) mass is 303 g/mol. The highest BCUT2D eigenvalue weighted by Gasteiger charge is 2.32. The van der Waals surface area contributed by atoms with E-state index in [0.29, 0.717) is 35.3 Å². The van der Waals surface area contributed by atoms with Gasteiger partial charge in [-0.1, -0.05) is 48.6 Å². The van der Waals surface area contributed by atoms with Crippen LogP contribution in [0.4, 0.5) is 5.69 Å².